The number of rotatable bonds is 6. The highest BCUT2D eigenvalue weighted by Crippen LogP contribution is 2.35. The zero-order chi connectivity index (χ0) is 23.5. The molecule has 0 N–H and O–H groups in total. The lowest BCUT2D eigenvalue weighted by Crippen LogP contribution is -2.47. The molecule has 2 aromatic rings. The number of nitrogens with zero attached hydrogens (tertiary/aromatic N) is 2. The molecule has 1 heterocycles. The van der Waals surface area contributed by atoms with Crippen molar-refractivity contribution in [1.82, 2.24) is 4.90 Å². The number of aryl methyl sites for hydroxylation is 1. The predicted molar refractivity (Wildman–Crippen MR) is 111 cm³/mol. The molecule has 2 aromatic carbocycles. The molecule has 1 fully saturated rings. The van der Waals surface area contributed by atoms with E-state index in [2.05, 4.69) is 0 Å². The van der Waals surface area contributed by atoms with Crippen molar-refractivity contribution in [3.8, 4) is 5.75 Å². The van der Waals surface area contributed by atoms with Gasteiger partial charge in [0.1, 0.15) is 17.2 Å². The van der Waals surface area contributed by atoms with Crippen LogP contribution in [0.3, 0.4) is 0 Å². The van der Waals surface area contributed by atoms with Crippen LogP contribution < -0.4 is 9.04 Å². The van der Waals surface area contributed by atoms with Gasteiger partial charge in [0.2, 0.25) is 5.91 Å². The van der Waals surface area contributed by atoms with Crippen LogP contribution in [0.2, 0.25) is 0 Å². The van der Waals surface area contributed by atoms with Gasteiger partial charge in [0.25, 0.3) is 10.0 Å². The van der Waals surface area contributed by atoms with Gasteiger partial charge in [0.15, 0.2) is 0 Å². The van der Waals surface area contributed by atoms with Crippen LogP contribution in [0.25, 0.3) is 0 Å². The van der Waals surface area contributed by atoms with E-state index in [0.29, 0.717) is 29.1 Å². The van der Waals surface area contributed by atoms with Gasteiger partial charge < -0.3 is 14.4 Å². The minimum Gasteiger partial charge on any atom is -0.495 e. The number of methoxy groups -OCH3 is 1. The first-order valence-corrected chi connectivity index (χ1v) is 11.2. The number of amides is 1. The second kappa shape index (κ2) is 9.37. The van der Waals surface area contributed by atoms with Crippen LogP contribution in [0.1, 0.15) is 11.1 Å². The van der Waals surface area contributed by atoms with Crippen LogP contribution in [0.15, 0.2) is 47.4 Å². The highest BCUT2D eigenvalue weighted by atomic mass is 32.2. The van der Waals surface area contributed by atoms with Crippen LogP contribution in [-0.2, 0) is 25.7 Å². The average molecular weight is 472 g/mol. The van der Waals surface area contributed by atoms with Crippen molar-refractivity contribution in [2.24, 2.45) is 0 Å². The van der Waals surface area contributed by atoms with Gasteiger partial charge in [-0.2, -0.15) is 13.2 Å². The number of hydrogen-bond donors (Lipinski definition) is 0. The smallest absolute Gasteiger partial charge is 0.416 e. The number of morpholine rings is 1. The molecule has 0 bridgehead atoms. The zero-order valence-corrected chi connectivity index (χ0v) is 18.4. The number of carbonyl (C=O) groups excluding carboxylic acids is 1. The number of carbonyl (C=O) groups is 1. The van der Waals surface area contributed by atoms with Crippen LogP contribution in [0.5, 0.6) is 5.75 Å². The number of alkyl halides is 3. The molecule has 0 unspecified atom stereocenters. The van der Waals surface area contributed by atoms with Crippen molar-refractivity contribution in [2.45, 2.75) is 18.0 Å². The summed E-state index contributed by atoms with van der Waals surface area (Å²) in [6, 6.07) is 8.34. The number of anilines is 1. The summed E-state index contributed by atoms with van der Waals surface area (Å²) in [4.78, 5) is 14.1. The topological polar surface area (TPSA) is 76.2 Å². The Labute approximate surface area is 184 Å². The summed E-state index contributed by atoms with van der Waals surface area (Å²) in [7, 11) is -3.16. The molecule has 0 radical (unpaired) electrons. The maximum Gasteiger partial charge on any atom is 0.416 e. The first-order valence-electron chi connectivity index (χ1n) is 9.74. The number of halogens is 3. The fraction of sp³-hybridized carbons (Fsp3) is 0.381. The van der Waals surface area contributed by atoms with Gasteiger partial charge >= 0.3 is 6.18 Å². The number of ether oxygens (including phenoxy) is 2. The van der Waals surface area contributed by atoms with E-state index in [4.69, 9.17) is 9.47 Å². The maximum atomic E-state index is 13.6. The van der Waals surface area contributed by atoms with Gasteiger partial charge in [-0.15, -0.1) is 0 Å². The van der Waals surface area contributed by atoms with E-state index in [1.807, 2.05) is 0 Å². The lowest BCUT2D eigenvalue weighted by atomic mass is 10.2. The van der Waals surface area contributed by atoms with Crippen molar-refractivity contribution in [2.75, 3.05) is 44.3 Å². The van der Waals surface area contributed by atoms with Crippen molar-refractivity contribution >= 4 is 21.6 Å². The third kappa shape index (κ3) is 5.16. The summed E-state index contributed by atoms with van der Waals surface area (Å²) < 4.78 is 78.2. The Balaban J connectivity index is 2.10. The monoisotopic (exact) mass is 472 g/mol. The quantitative estimate of drug-likeness (QED) is 0.646. The number of benzene rings is 2. The van der Waals surface area contributed by atoms with Gasteiger partial charge in [0.05, 0.1) is 31.6 Å². The standard InChI is InChI=1S/C21H23F3N2O5S/c1-15-6-7-18(30-2)19(12-15)32(28,29)26(14-20(27)25-8-10-31-11-9-25)17-5-3-4-16(13-17)21(22,23)24/h3-7,12-13H,8-11,14H2,1-2H3. The van der Waals surface area contributed by atoms with Gasteiger partial charge in [-0.25, -0.2) is 8.42 Å². The van der Waals surface area contributed by atoms with E-state index in [-0.39, 0.29) is 29.4 Å². The Hall–Kier alpha value is -2.79. The Bertz CT molecular complexity index is 1080. The number of sulfonamides is 1. The highest BCUT2D eigenvalue weighted by molar-refractivity contribution is 7.93. The minimum atomic E-state index is -4.68. The van der Waals surface area contributed by atoms with Crippen molar-refractivity contribution in [3.63, 3.8) is 0 Å². The molecule has 1 saturated heterocycles. The Morgan fingerprint density at radius 3 is 2.47 bits per heavy atom. The second-order valence-electron chi connectivity index (χ2n) is 7.21. The fourth-order valence-electron chi connectivity index (χ4n) is 3.29. The highest BCUT2D eigenvalue weighted by Gasteiger charge is 2.35. The van der Waals surface area contributed by atoms with Crippen molar-refractivity contribution < 1.29 is 35.9 Å². The lowest BCUT2D eigenvalue weighted by molar-refractivity contribution is -0.137. The summed E-state index contributed by atoms with van der Waals surface area (Å²) in [6.07, 6.45) is -4.68. The van der Waals surface area contributed by atoms with Crippen LogP contribution in [0, 0.1) is 6.92 Å². The molecule has 0 spiro atoms. The first-order chi connectivity index (χ1) is 15.0. The summed E-state index contributed by atoms with van der Waals surface area (Å²) in [5, 5.41) is 0. The third-order valence-electron chi connectivity index (χ3n) is 4.99. The molecule has 174 valence electrons. The summed E-state index contributed by atoms with van der Waals surface area (Å²) in [5.74, 6) is -0.521. The Kier molecular flexibility index (Phi) is 6.99. The molecule has 3 rings (SSSR count). The fourth-order valence-corrected chi connectivity index (χ4v) is 4.94. The van der Waals surface area contributed by atoms with Gasteiger partial charge in [-0.05, 0) is 42.8 Å². The molecule has 0 saturated carbocycles. The first kappa shape index (κ1) is 23.9. The van der Waals surface area contributed by atoms with E-state index < -0.39 is 34.2 Å². The van der Waals surface area contributed by atoms with Gasteiger partial charge in [0, 0.05) is 13.1 Å². The minimum absolute atomic E-state index is 0.0198. The van der Waals surface area contributed by atoms with Gasteiger partial charge in [-0.1, -0.05) is 12.1 Å². The molecule has 0 aromatic heterocycles. The normalized spacial score (nSPS) is 14.8. The van der Waals surface area contributed by atoms with Crippen LogP contribution in [0.4, 0.5) is 18.9 Å². The molecule has 1 amide bonds. The lowest BCUT2D eigenvalue weighted by Gasteiger charge is -2.31. The molecule has 1 aliphatic rings. The molecular formula is C21H23F3N2O5S. The van der Waals surface area contributed by atoms with E-state index in [9.17, 15) is 26.4 Å². The largest absolute Gasteiger partial charge is 0.495 e. The molecule has 1 aliphatic heterocycles. The molecule has 32 heavy (non-hydrogen) atoms. The molecule has 0 atom stereocenters. The SMILES string of the molecule is COc1ccc(C)cc1S(=O)(=O)N(CC(=O)N1CCOCC1)c1cccc(C(F)(F)F)c1. The zero-order valence-electron chi connectivity index (χ0n) is 17.6. The third-order valence-corrected chi connectivity index (χ3v) is 6.79. The van der Waals surface area contributed by atoms with Crippen molar-refractivity contribution in [1.29, 1.82) is 0 Å². The molecule has 0 aliphatic carbocycles. The van der Waals surface area contributed by atoms with Crippen LogP contribution in [-0.4, -0.2) is 59.2 Å². The Morgan fingerprint density at radius 1 is 1.16 bits per heavy atom. The van der Waals surface area contributed by atoms with Crippen LogP contribution >= 0.6 is 0 Å². The summed E-state index contributed by atoms with van der Waals surface area (Å²) in [5.41, 5.74) is -0.692. The summed E-state index contributed by atoms with van der Waals surface area (Å²) in [6.45, 7) is 2.14. The van der Waals surface area contributed by atoms with Crippen molar-refractivity contribution in [3.05, 3.63) is 53.6 Å². The van der Waals surface area contributed by atoms with E-state index in [1.165, 1.54) is 30.2 Å². The maximum absolute atomic E-state index is 13.6. The average Bonchev–Trinajstić information content (AvgIpc) is 2.77. The van der Waals surface area contributed by atoms with E-state index in [1.54, 1.807) is 13.0 Å². The number of hydrogen-bond acceptors (Lipinski definition) is 5. The van der Waals surface area contributed by atoms with E-state index in [0.717, 1.165) is 12.1 Å². The molecule has 11 heteroatoms. The summed E-state index contributed by atoms with van der Waals surface area (Å²) >= 11 is 0. The Morgan fingerprint density at radius 2 is 1.84 bits per heavy atom. The van der Waals surface area contributed by atoms with Gasteiger partial charge in [-0.3, -0.25) is 9.10 Å². The van der Waals surface area contributed by atoms with E-state index >= 15 is 0 Å². The second-order valence-corrected chi connectivity index (χ2v) is 9.04. The predicted octanol–water partition coefficient (Wildman–Crippen LogP) is 3.08. The molecule has 7 nitrogen and oxygen atoms in total. The molecular weight excluding hydrogens is 449 g/mol.